The highest BCUT2D eigenvalue weighted by Crippen LogP contribution is 2.24. The lowest BCUT2D eigenvalue weighted by Crippen LogP contribution is -2.01. The van der Waals surface area contributed by atoms with Crippen LogP contribution in [0.15, 0.2) is 54.9 Å². The van der Waals surface area contributed by atoms with Crippen molar-refractivity contribution in [2.24, 2.45) is 0 Å². The van der Waals surface area contributed by atoms with Crippen LogP contribution < -0.4 is 5.32 Å². The molecular weight excluding hydrogens is 275 g/mol. The number of pyridine rings is 1. The van der Waals surface area contributed by atoms with Crippen molar-refractivity contribution < 1.29 is 4.39 Å². The zero-order valence-electron chi connectivity index (χ0n) is 10.6. The van der Waals surface area contributed by atoms with Gasteiger partial charge < -0.3 is 5.32 Å². The monoisotopic (exact) mass is 286 g/mol. The molecule has 1 heterocycles. The summed E-state index contributed by atoms with van der Waals surface area (Å²) in [5.74, 6) is -0.306. The summed E-state index contributed by atoms with van der Waals surface area (Å²) in [6.07, 6.45) is 3.59. The molecule has 20 heavy (non-hydrogen) atoms. The van der Waals surface area contributed by atoms with Crippen molar-refractivity contribution in [2.75, 3.05) is 5.32 Å². The molecule has 3 aromatic rings. The molecule has 0 amide bonds. The Morgan fingerprint density at radius 1 is 1.15 bits per heavy atom. The molecule has 0 fully saturated rings. The van der Waals surface area contributed by atoms with Crippen molar-refractivity contribution in [3.63, 3.8) is 0 Å². The summed E-state index contributed by atoms with van der Waals surface area (Å²) in [7, 11) is 0. The number of hydrogen-bond acceptors (Lipinski definition) is 2. The zero-order valence-corrected chi connectivity index (χ0v) is 11.4. The minimum atomic E-state index is -0.306. The van der Waals surface area contributed by atoms with Gasteiger partial charge in [0.05, 0.1) is 10.7 Å². The molecule has 0 unspecified atom stereocenters. The second kappa shape index (κ2) is 5.47. The Morgan fingerprint density at radius 3 is 2.95 bits per heavy atom. The van der Waals surface area contributed by atoms with Crippen molar-refractivity contribution in [1.29, 1.82) is 0 Å². The third kappa shape index (κ3) is 2.58. The Labute approximate surface area is 121 Å². The van der Waals surface area contributed by atoms with E-state index in [9.17, 15) is 4.39 Å². The summed E-state index contributed by atoms with van der Waals surface area (Å²) in [5, 5.41) is 5.89. The fourth-order valence-electron chi connectivity index (χ4n) is 2.17. The fourth-order valence-corrected chi connectivity index (χ4v) is 2.35. The van der Waals surface area contributed by atoms with Crippen LogP contribution in [0.25, 0.3) is 10.8 Å². The normalized spacial score (nSPS) is 10.7. The summed E-state index contributed by atoms with van der Waals surface area (Å²) in [5.41, 5.74) is 1.71. The summed E-state index contributed by atoms with van der Waals surface area (Å²) in [6.45, 7) is 0.574. The van der Waals surface area contributed by atoms with Gasteiger partial charge in [0.2, 0.25) is 0 Å². The van der Waals surface area contributed by atoms with Gasteiger partial charge in [-0.2, -0.15) is 0 Å². The van der Waals surface area contributed by atoms with Gasteiger partial charge >= 0.3 is 0 Å². The zero-order chi connectivity index (χ0) is 13.9. The quantitative estimate of drug-likeness (QED) is 0.759. The molecule has 100 valence electrons. The summed E-state index contributed by atoms with van der Waals surface area (Å²) in [6, 6.07) is 12.3. The van der Waals surface area contributed by atoms with E-state index in [4.69, 9.17) is 11.6 Å². The van der Waals surface area contributed by atoms with Gasteiger partial charge in [-0.05, 0) is 35.2 Å². The highest BCUT2D eigenvalue weighted by Gasteiger charge is 2.04. The van der Waals surface area contributed by atoms with Gasteiger partial charge in [0, 0.05) is 24.3 Å². The van der Waals surface area contributed by atoms with Crippen molar-refractivity contribution in [1.82, 2.24) is 4.98 Å². The van der Waals surface area contributed by atoms with Crippen LogP contribution in [0.1, 0.15) is 5.56 Å². The molecule has 3 rings (SSSR count). The van der Waals surface area contributed by atoms with Crippen LogP contribution in [0.2, 0.25) is 5.02 Å². The number of nitrogens with one attached hydrogen (secondary N) is 1. The number of aromatic nitrogens is 1. The minimum absolute atomic E-state index is 0.306. The lowest BCUT2D eigenvalue weighted by Gasteiger charge is -2.10. The second-order valence-corrected chi connectivity index (χ2v) is 4.90. The number of halogens is 2. The first kappa shape index (κ1) is 12.9. The van der Waals surface area contributed by atoms with Crippen LogP contribution >= 0.6 is 11.6 Å². The van der Waals surface area contributed by atoms with Gasteiger partial charge in [0.25, 0.3) is 0 Å². The summed E-state index contributed by atoms with van der Waals surface area (Å²) >= 11 is 6.04. The Bertz CT molecular complexity index is 753. The number of hydrogen-bond donors (Lipinski definition) is 1. The third-order valence-electron chi connectivity index (χ3n) is 3.17. The predicted molar refractivity (Wildman–Crippen MR) is 80.5 cm³/mol. The molecule has 2 aromatic carbocycles. The van der Waals surface area contributed by atoms with E-state index in [-0.39, 0.29) is 5.82 Å². The van der Waals surface area contributed by atoms with Crippen molar-refractivity contribution in [3.05, 3.63) is 71.3 Å². The van der Waals surface area contributed by atoms with Crippen LogP contribution in [0.5, 0.6) is 0 Å². The molecule has 0 saturated carbocycles. The number of benzene rings is 2. The molecule has 1 N–H and O–H groups in total. The Balaban J connectivity index is 1.89. The van der Waals surface area contributed by atoms with Crippen molar-refractivity contribution >= 4 is 28.1 Å². The molecule has 0 aliphatic carbocycles. The molecule has 0 aliphatic rings. The van der Waals surface area contributed by atoms with Gasteiger partial charge in [-0.3, -0.25) is 4.98 Å². The highest BCUT2D eigenvalue weighted by atomic mass is 35.5. The summed E-state index contributed by atoms with van der Waals surface area (Å²) in [4.78, 5) is 4.11. The van der Waals surface area contributed by atoms with E-state index < -0.39 is 0 Å². The highest BCUT2D eigenvalue weighted by molar-refractivity contribution is 6.33. The number of fused-ring (bicyclic) bond motifs is 1. The first-order chi connectivity index (χ1) is 9.74. The van der Waals surface area contributed by atoms with E-state index in [1.54, 1.807) is 12.3 Å². The van der Waals surface area contributed by atoms with Crippen molar-refractivity contribution in [3.8, 4) is 0 Å². The Hall–Kier alpha value is -2.13. The maximum Gasteiger partial charge on any atom is 0.125 e. The number of nitrogens with zero attached hydrogens (tertiary/aromatic N) is 1. The number of rotatable bonds is 3. The molecule has 0 aliphatic heterocycles. The fraction of sp³-hybridized carbons (Fsp3) is 0.0625. The number of anilines is 1. The van der Waals surface area contributed by atoms with Gasteiger partial charge in [-0.25, -0.2) is 4.39 Å². The van der Waals surface area contributed by atoms with Gasteiger partial charge in [0.15, 0.2) is 0 Å². The van der Waals surface area contributed by atoms with Crippen LogP contribution in [0.4, 0.5) is 10.1 Å². The maximum absolute atomic E-state index is 13.2. The van der Waals surface area contributed by atoms with E-state index in [0.29, 0.717) is 17.3 Å². The average Bonchev–Trinajstić information content (AvgIpc) is 2.48. The van der Waals surface area contributed by atoms with Gasteiger partial charge in [-0.1, -0.05) is 29.8 Å². The van der Waals surface area contributed by atoms with E-state index in [0.717, 1.165) is 16.3 Å². The minimum Gasteiger partial charge on any atom is -0.380 e. The summed E-state index contributed by atoms with van der Waals surface area (Å²) < 4.78 is 13.2. The van der Waals surface area contributed by atoms with Crippen molar-refractivity contribution in [2.45, 2.75) is 6.54 Å². The largest absolute Gasteiger partial charge is 0.380 e. The maximum atomic E-state index is 13.2. The van der Waals surface area contributed by atoms with Crippen LogP contribution in [-0.2, 0) is 6.54 Å². The van der Waals surface area contributed by atoms with Crippen LogP contribution in [0.3, 0.4) is 0 Å². The second-order valence-electron chi connectivity index (χ2n) is 4.49. The standard InChI is InChI=1S/C16H12ClFN2/c17-15-5-4-13(18)8-16(15)20-10-12-3-1-2-11-9-19-7-6-14(11)12/h1-9,20H,10H2. The SMILES string of the molecule is Fc1ccc(Cl)c(NCc2cccc3cnccc23)c1. The topological polar surface area (TPSA) is 24.9 Å². The molecule has 0 saturated heterocycles. The molecule has 2 nitrogen and oxygen atoms in total. The predicted octanol–water partition coefficient (Wildman–Crippen LogP) is 4.64. The Kier molecular flexibility index (Phi) is 3.52. The third-order valence-corrected chi connectivity index (χ3v) is 3.50. The molecule has 0 bridgehead atoms. The molecule has 0 radical (unpaired) electrons. The Morgan fingerprint density at radius 2 is 2.05 bits per heavy atom. The molecule has 0 atom stereocenters. The van der Waals surface area contributed by atoms with Gasteiger partial charge in [-0.15, -0.1) is 0 Å². The first-order valence-corrected chi connectivity index (χ1v) is 6.62. The van der Waals surface area contributed by atoms with Crippen LogP contribution in [0, 0.1) is 5.82 Å². The molecule has 0 spiro atoms. The smallest absolute Gasteiger partial charge is 0.125 e. The molecule has 1 aromatic heterocycles. The average molecular weight is 287 g/mol. The molecule has 4 heteroatoms. The van der Waals surface area contributed by atoms with E-state index >= 15 is 0 Å². The van der Waals surface area contributed by atoms with Crippen LogP contribution in [-0.4, -0.2) is 4.98 Å². The van der Waals surface area contributed by atoms with E-state index in [2.05, 4.69) is 10.3 Å². The lowest BCUT2D eigenvalue weighted by atomic mass is 10.1. The van der Waals surface area contributed by atoms with E-state index in [1.807, 2.05) is 30.5 Å². The van der Waals surface area contributed by atoms with E-state index in [1.165, 1.54) is 12.1 Å². The molecular formula is C16H12ClFN2. The first-order valence-electron chi connectivity index (χ1n) is 6.24. The van der Waals surface area contributed by atoms with Gasteiger partial charge in [0.1, 0.15) is 5.82 Å². The lowest BCUT2D eigenvalue weighted by molar-refractivity contribution is 0.628.